The summed E-state index contributed by atoms with van der Waals surface area (Å²) in [4.78, 5) is 24.2. The average molecular weight is 523 g/mol. The minimum Gasteiger partial charge on any atom is -0.288 e. The fourth-order valence-electron chi connectivity index (χ4n) is 4.35. The molecule has 0 spiro atoms. The van der Waals surface area contributed by atoms with Crippen LogP contribution in [-0.2, 0) is 4.79 Å². The molecule has 0 fully saturated rings. The number of benzene rings is 4. The fourth-order valence-corrected chi connectivity index (χ4v) is 8.59. The molecule has 7 heteroatoms. The maximum Gasteiger partial charge on any atom is 0.271 e. The predicted octanol–water partition coefficient (Wildman–Crippen LogP) is 4.31. The van der Waals surface area contributed by atoms with Crippen molar-refractivity contribution in [2.45, 2.75) is 6.92 Å². The lowest BCUT2D eigenvalue weighted by molar-refractivity contribution is -0.124. The highest BCUT2D eigenvalue weighted by atomic mass is 31.2. The number of rotatable bonds is 9. The molecular formula is C31H29N3O3P+. The molecule has 0 unspecified atom stereocenters. The molecule has 0 aliphatic rings. The molecule has 2 amide bonds. The first-order valence-electron chi connectivity index (χ1n) is 12.1. The standard InChI is InChI=1S/C31H28N3O3P/c1-24(32-33-31(36)26-13-11-12-25(22-26)20-21-30(35)34-37)23-38(27-14-5-2-6-15-27,28-16-7-3-8-17-28)29-18-9-4-10-19-29/h2-22H,23H2,1H3,(H2-,33,34,35,36,37)/p+1/b21-20+,32-24?. The van der Waals surface area contributed by atoms with Gasteiger partial charge >= 0.3 is 0 Å². The van der Waals surface area contributed by atoms with Crippen molar-refractivity contribution in [2.75, 3.05) is 6.16 Å². The zero-order valence-electron chi connectivity index (χ0n) is 21.0. The van der Waals surface area contributed by atoms with Crippen LogP contribution in [0.15, 0.2) is 126 Å². The van der Waals surface area contributed by atoms with E-state index in [0.29, 0.717) is 17.3 Å². The van der Waals surface area contributed by atoms with Gasteiger partial charge in [-0.3, -0.25) is 14.8 Å². The largest absolute Gasteiger partial charge is 0.288 e. The lowest BCUT2D eigenvalue weighted by atomic mass is 10.1. The van der Waals surface area contributed by atoms with Crippen molar-refractivity contribution in [1.29, 1.82) is 0 Å². The Labute approximate surface area is 223 Å². The zero-order valence-corrected chi connectivity index (χ0v) is 21.9. The van der Waals surface area contributed by atoms with E-state index in [-0.39, 0.29) is 5.91 Å². The first kappa shape index (κ1) is 26.7. The molecule has 4 aromatic rings. The van der Waals surface area contributed by atoms with Crippen LogP contribution in [-0.4, -0.2) is 28.9 Å². The number of amides is 2. The Balaban J connectivity index is 1.65. The summed E-state index contributed by atoms with van der Waals surface area (Å²) in [6.07, 6.45) is 3.35. The van der Waals surface area contributed by atoms with Gasteiger partial charge in [-0.1, -0.05) is 66.7 Å². The number of carbonyl (C=O) groups excluding carboxylic acids is 2. The van der Waals surface area contributed by atoms with E-state index in [9.17, 15) is 9.59 Å². The topological polar surface area (TPSA) is 90.8 Å². The van der Waals surface area contributed by atoms with Crippen molar-refractivity contribution in [3.05, 3.63) is 132 Å². The van der Waals surface area contributed by atoms with Gasteiger partial charge in [-0.05, 0) is 67.1 Å². The Kier molecular flexibility index (Phi) is 8.94. The number of nitrogens with zero attached hydrogens (tertiary/aromatic N) is 1. The van der Waals surface area contributed by atoms with E-state index in [2.05, 4.69) is 83.3 Å². The first-order valence-corrected chi connectivity index (χ1v) is 14.1. The van der Waals surface area contributed by atoms with Crippen molar-refractivity contribution in [2.24, 2.45) is 5.10 Å². The van der Waals surface area contributed by atoms with Crippen molar-refractivity contribution in [3.63, 3.8) is 0 Å². The summed E-state index contributed by atoms with van der Waals surface area (Å²) < 4.78 is 0. The van der Waals surface area contributed by atoms with Gasteiger partial charge in [-0.25, -0.2) is 10.9 Å². The van der Waals surface area contributed by atoms with Gasteiger partial charge in [0.1, 0.15) is 29.3 Å². The molecule has 0 aliphatic carbocycles. The smallest absolute Gasteiger partial charge is 0.271 e. The monoisotopic (exact) mass is 522 g/mol. The van der Waals surface area contributed by atoms with Crippen LogP contribution in [0.5, 0.6) is 0 Å². The van der Waals surface area contributed by atoms with Gasteiger partial charge in [0.25, 0.3) is 11.8 Å². The van der Waals surface area contributed by atoms with E-state index in [1.165, 1.54) is 33.5 Å². The van der Waals surface area contributed by atoms with Crippen LogP contribution in [0.3, 0.4) is 0 Å². The predicted molar refractivity (Wildman–Crippen MR) is 156 cm³/mol. The van der Waals surface area contributed by atoms with E-state index in [1.807, 2.05) is 25.1 Å². The second-order valence-corrected chi connectivity index (χ2v) is 12.2. The van der Waals surface area contributed by atoms with Crippen LogP contribution in [0.1, 0.15) is 22.8 Å². The number of nitrogens with one attached hydrogen (secondary N) is 2. The molecule has 0 aromatic heterocycles. The molecule has 38 heavy (non-hydrogen) atoms. The fraction of sp³-hybridized carbons (Fsp3) is 0.0645. The molecule has 0 radical (unpaired) electrons. The van der Waals surface area contributed by atoms with Crippen LogP contribution in [0.2, 0.25) is 0 Å². The molecule has 0 atom stereocenters. The number of hydrazone groups is 1. The second kappa shape index (κ2) is 12.7. The van der Waals surface area contributed by atoms with Crippen molar-refractivity contribution >= 4 is 46.8 Å². The number of hydroxylamine groups is 1. The highest BCUT2D eigenvalue weighted by molar-refractivity contribution is 7.96. The highest BCUT2D eigenvalue weighted by Crippen LogP contribution is 2.55. The zero-order chi connectivity index (χ0) is 26.8. The van der Waals surface area contributed by atoms with Crippen LogP contribution < -0.4 is 26.8 Å². The Bertz CT molecular complexity index is 1340. The Hall–Kier alpha value is -4.38. The average Bonchev–Trinajstić information content (AvgIpc) is 2.99. The SMILES string of the molecule is CC(C[P+](c1ccccc1)(c1ccccc1)c1ccccc1)=NNC(=O)c1cccc(/C=C/C(=O)NO)c1. The molecule has 0 aliphatic heterocycles. The van der Waals surface area contributed by atoms with E-state index < -0.39 is 13.2 Å². The minimum atomic E-state index is -2.12. The van der Waals surface area contributed by atoms with Gasteiger partial charge in [0.05, 0.1) is 5.71 Å². The summed E-state index contributed by atoms with van der Waals surface area (Å²) in [6, 6.07) is 38.3. The molecule has 0 bridgehead atoms. The number of hydrogen-bond donors (Lipinski definition) is 3. The maximum atomic E-state index is 12.9. The Morgan fingerprint density at radius 1 is 0.789 bits per heavy atom. The van der Waals surface area contributed by atoms with Gasteiger partial charge in [0.15, 0.2) is 0 Å². The molecule has 6 nitrogen and oxygen atoms in total. The first-order chi connectivity index (χ1) is 18.5. The van der Waals surface area contributed by atoms with Gasteiger partial charge < -0.3 is 0 Å². The molecule has 190 valence electrons. The molecule has 0 saturated carbocycles. The van der Waals surface area contributed by atoms with Gasteiger partial charge in [0.2, 0.25) is 0 Å². The molecule has 3 N–H and O–H groups in total. The summed E-state index contributed by atoms with van der Waals surface area (Å²) in [5.41, 5.74) is 6.09. The third-order valence-corrected chi connectivity index (χ3v) is 10.6. The van der Waals surface area contributed by atoms with Crippen molar-refractivity contribution < 1.29 is 14.8 Å². The van der Waals surface area contributed by atoms with Gasteiger partial charge in [-0.15, -0.1) is 0 Å². The van der Waals surface area contributed by atoms with Crippen LogP contribution in [0, 0.1) is 0 Å². The van der Waals surface area contributed by atoms with Crippen LogP contribution in [0.4, 0.5) is 0 Å². The quantitative estimate of drug-likeness (QED) is 0.101. The summed E-state index contributed by atoms with van der Waals surface area (Å²) in [5.74, 6) is -1.00. The maximum absolute atomic E-state index is 12.9. The number of carbonyl (C=O) groups is 2. The van der Waals surface area contributed by atoms with Gasteiger partial charge in [-0.2, -0.15) is 5.10 Å². The molecule has 0 saturated heterocycles. The van der Waals surface area contributed by atoms with E-state index in [1.54, 1.807) is 24.3 Å². The molecule has 4 aromatic carbocycles. The Morgan fingerprint density at radius 2 is 1.32 bits per heavy atom. The molecule has 0 heterocycles. The summed E-state index contributed by atoms with van der Waals surface area (Å²) in [5, 5.41) is 16.9. The molecule has 4 rings (SSSR count). The highest BCUT2D eigenvalue weighted by Gasteiger charge is 2.45. The lowest BCUT2D eigenvalue weighted by Gasteiger charge is -2.27. The normalized spacial score (nSPS) is 11.8. The molecular weight excluding hydrogens is 493 g/mol. The second-order valence-electron chi connectivity index (χ2n) is 8.70. The third-order valence-electron chi connectivity index (χ3n) is 6.09. The Morgan fingerprint density at radius 3 is 1.82 bits per heavy atom. The summed E-state index contributed by atoms with van der Waals surface area (Å²) >= 11 is 0. The van der Waals surface area contributed by atoms with E-state index >= 15 is 0 Å². The summed E-state index contributed by atoms with van der Waals surface area (Å²) in [7, 11) is -2.12. The van der Waals surface area contributed by atoms with E-state index in [4.69, 9.17) is 5.21 Å². The van der Waals surface area contributed by atoms with Crippen LogP contribution >= 0.6 is 7.26 Å². The van der Waals surface area contributed by atoms with Crippen molar-refractivity contribution in [3.8, 4) is 0 Å². The summed E-state index contributed by atoms with van der Waals surface area (Å²) in [6.45, 7) is 1.94. The van der Waals surface area contributed by atoms with Crippen molar-refractivity contribution in [1.82, 2.24) is 10.9 Å². The third kappa shape index (κ3) is 6.30. The number of hydrogen-bond acceptors (Lipinski definition) is 4. The van der Waals surface area contributed by atoms with E-state index in [0.717, 1.165) is 5.71 Å². The van der Waals surface area contributed by atoms with Gasteiger partial charge in [0, 0.05) is 11.6 Å². The lowest BCUT2D eigenvalue weighted by Crippen LogP contribution is -2.35. The van der Waals surface area contributed by atoms with Crippen LogP contribution in [0.25, 0.3) is 6.08 Å². The minimum absolute atomic E-state index is 0.353.